The monoisotopic (exact) mass is 299 g/mol. The minimum atomic E-state index is -0.524. The van der Waals surface area contributed by atoms with Crippen molar-refractivity contribution in [2.24, 2.45) is 0 Å². The first-order chi connectivity index (χ1) is 10.4. The molecule has 0 aliphatic rings. The second-order valence-electron chi connectivity index (χ2n) is 5.29. The fraction of sp³-hybridized carbons (Fsp3) is 0.294. The van der Waals surface area contributed by atoms with Crippen molar-refractivity contribution >= 4 is 5.91 Å². The van der Waals surface area contributed by atoms with Gasteiger partial charge in [0.1, 0.15) is 11.9 Å². The number of nitrogens with zero attached hydrogens (tertiary/aromatic N) is 3. The van der Waals surface area contributed by atoms with Gasteiger partial charge in [0.05, 0.1) is 17.3 Å². The fourth-order valence-electron chi connectivity index (χ4n) is 2.44. The van der Waals surface area contributed by atoms with E-state index in [1.165, 1.54) is 11.0 Å². The highest BCUT2D eigenvalue weighted by atomic mass is 19.1. The summed E-state index contributed by atoms with van der Waals surface area (Å²) in [6, 6.07) is 9.68. The summed E-state index contributed by atoms with van der Waals surface area (Å²) >= 11 is 0. The molecule has 2 rings (SSSR count). The lowest BCUT2D eigenvalue weighted by Gasteiger charge is -2.19. The van der Waals surface area contributed by atoms with Gasteiger partial charge in [0.25, 0.3) is 5.91 Å². The maximum Gasteiger partial charge on any atom is 0.256 e. The number of aryl methyl sites for hydroxylation is 1. The quantitative estimate of drug-likeness (QED) is 0.873. The van der Waals surface area contributed by atoms with Gasteiger partial charge in [-0.3, -0.25) is 4.79 Å². The van der Waals surface area contributed by atoms with Gasteiger partial charge < -0.3 is 9.47 Å². The van der Waals surface area contributed by atoms with Gasteiger partial charge in [0.2, 0.25) is 0 Å². The minimum absolute atomic E-state index is 0.246. The summed E-state index contributed by atoms with van der Waals surface area (Å²) in [5.41, 5.74) is 2.31. The topological polar surface area (TPSA) is 49.0 Å². The predicted octanol–water partition coefficient (Wildman–Crippen LogP) is 3.22. The Kier molecular flexibility index (Phi) is 4.32. The Morgan fingerprint density at radius 2 is 2.00 bits per heavy atom. The Hall–Kier alpha value is -2.61. The molecule has 0 unspecified atom stereocenters. The molecule has 2 aromatic rings. The summed E-state index contributed by atoms with van der Waals surface area (Å²) in [4.78, 5) is 13.9. The van der Waals surface area contributed by atoms with Crippen LogP contribution in [0.25, 0.3) is 5.69 Å². The molecule has 0 fully saturated rings. The number of nitriles is 1. The highest BCUT2D eigenvalue weighted by Crippen LogP contribution is 2.23. The Labute approximate surface area is 129 Å². The zero-order valence-electron chi connectivity index (χ0n) is 13.1. The second kappa shape index (κ2) is 6.02. The summed E-state index contributed by atoms with van der Waals surface area (Å²) in [5, 5.41) is 8.95. The molecule has 0 spiro atoms. The Balaban J connectivity index is 2.51. The van der Waals surface area contributed by atoms with Crippen molar-refractivity contribution in [2.45, 2.75) is 26.8 Å². The van der Waals surface area contributed by atoms with E-state index < -0.39 is 6.04 Å². The van der Waals surface area contributed by atoms with Crippen LogP contribution in [0.2, 0.25) is 0 Å². The van der Waals surface area contributed by atoms with Gasteiger partial charge >= 0.3 is 0 Å². The summed E-state index contributed by atoms with van der Waals surface area (Å²) in [7, 11) is 1.59. The van der Waals surface area contributed by atoms with Crippen LogP contribution in [0.15, 0.2) is 30.3 Å². The molecule has 0 aliphatic heterocycles. The van der Waals surface area contributed by atoms with Crippen molar-refractivity contribution in [3.05, 3.63) is 53.1 Å². The van der Waals surface area contributed by atoms with Gasteiger partial charge in [0.15, 0.2) is 0 Å². The molecule has 5 heteroatoms. The van der Waals surface area contributed by atoms with Gasteiger partial charge in [-0.2, -0.15) is 5.26 Å². The SMILES string of the molecule is Cc1cc(C(=O)N(C)[C@H](C)C#N)c(C)n1-c1ccccc1F. The molecular weight excluding hydrogens is 281 g/mol. The van der Waals surface area contributed by atoms with Crippen molar-refractivity contribution < 1.29 is 9.18 Å². The third kappa shape index (κ3) is 2.60. The molecule has 1 aromatic carbocycles. The first kappa shape index (κ1) is 15.8. The molecule has 1 atom stereocenters. The van der Waals surface area contributed by atoms with Crippen LogP contribution in [0.5, 0.6) is 0 Å². The van der Waals surface area contributed by atoms with E-state index in [1.54, 1.807) is 49.7 Å². The standard InChI is InChI=1S/C17H18FN3O/c1-11-9-14(17(22)20(4)12(2)10-19)13(3)21(11)16-8-6-5-7-15(16)18/h5-9,12H,1-4H3/t12-/m1/s1. The van der Waals surface area contributed by atoms with Crippen molar-refractivity contribution in [2.75, 3.05) is 7.05 Å². The normalized spacial score (nSPS) is 11.8. The molecule has 0 aliphatic carbocycles. The Morgan fingerprint density at radius 1 is 1.36 bits per heavy atom. The predicted molar refractivity (Wildman–Crippen MR) is 82.4 cm³/mol. The first-order valence-electron chi connectivity index (χ1n) is 6.99. The van der Waals surface area contributed by atoms with E-state index in [2.05, 4.69) is 0 Å². The number of benzene rings is 1. The van der Waals surface area contributed by atoms with Gasteiger partial charge in [-0.05, 0) is 39.0 Å². The number of hydrogen-bond donors (Lipinski definition) is 0. The van der Waals surface area contributed by atoms with Gasteiger partial charge in [0, 0.05) is 18.4 Å². The van der Waals surface area contributed by atoms with E-state index in [9.17, 15) is 9.18 Å². The summed E-state index contributed by atoms with van der Waals surface area (Å²) in [5.74, 6) is -0.591. The van der Waals surface area contributed by atoms with Gasteiger partial charge in [-0.25, -0.2) is 4.39 Å². The van der Waals surface area contributed by atoms with Crippen LogP contribution < -0.4 is 0 Å². The summed E-state index contributed by atoms with van der Waals surface area (Å²) < 4.78 is 15.7. The molecule has 0 bridgehead atoms. The molecule has 1 heterocycles. The largest absolute Gasteiger partial charge is 0.326 e. The third-order valence-corrected chi connectivity index (χ3v) is 3.84. The Morgan fingerprint density at radius 3 is 2.59 bits per heavy atom. The van der Waals surface area contributed by atoms with Crippen molar-refractivity contribution in [3.63, 3.8) is 0 Å². The zero-order valence-corrected chi connectivity index (χ0v) is 13.1. The Bertz CT molecular complexity index is 758. The molecule has 0 saturated heterocycles. The van der Waals surface area contributed by atoms with E-state index in [4.69, 9.17) is 5.26 Å². The third-order valence-electron chi connectivity index (χ3n) is 3.84. The van der Waals surface area contributed by atoms with Crippen molar-refractivity contribution in [1.29, 1.82) is 5.26 Å². The molecule has 22 heavy (non-hydrogen) atoms. The average molecular weight is 299 g/mol. The number of para-hydroxylation sites is 1. The lowest BCUT2D eigenvalue weighted by Crippen LogP contribution is -2.34. The fourth-order valence-corrected chi connectivity index (χ4v) is 2.44. The summed E-state index contributed by atoms with van der Waals surface area (Å²) in [6.07, 6.45) is 0. The second-order valence-corrected chi connectivity index (χ2v) is 5.29. The molecule has 0 saturated carbocycles. The van der Waals surface area contributed by atoms with Crippen LogP contribution in [0, 0.1) is 31.0 Å². The van der Waals surface area contributed by atoms with E-state index in [0.717, 1.165) is 5.69 Å². The van der Waals surface area contributed by atoms with E-state index in [0.29, 0.717) is 16.9 Å². The van der Waals surface area contributed by atoms with Crippen LogP contribution in [0.4, 0.5) is 4.39 Å². The lowest BCUT2D eigenvalue weighted by molar-refractivity contribution is 0.0772. The molecule has 1 amide bonds. The lowest BCUT2D eigenvalue weighted by atomic mass is 10.2. The molecule has 1 aromatic heterocycles. The highest BCUT2D eigenvalue weighted by molar-refractivity contribution is 5.96. The highest BCUT2D eigenvalue weighted by Gasteiger charge is 2.23. The molecular formula is C17H18FN3O. The van der Waals surface area contributed by atoms with Crippen LogP contribution in [-0.2, 0) is 0 Å². The number of halogens is 1. The van der Waals surface area contributed by atoms with Gasteiger partial charge in [-0.15, -0.1) is 0 Å². The molecule has 114 valence electrons. The van der Waals surface area contributed by atoms with E-state index in [1.807, 2.05) is 13.0 Å². The number of carbonyl (C=O) groups excluding carboxylic acids is 1. The van der Waals surface area contributed by atoms with Crippen LogP contribution >= 0.6 is 0 Å². The number of aromatic nitrogens is 1. The number of carbonyl (C=O) groups is 1. The van der Waals surface area contributed by atoms with E-state index in [-0.39, 0.29) is 11.7 Å². The van der Waals surface area contributed by atoms with Crippen molar-refractivity contribution in [3.8, 4) is 11.8 Å². The smallest absolute Gasteiger partial charge is 0.256 e. The van der Waals surface area contributed by atoms with Crippen LogP contribution in [-0.4, -0.2) is 28.5 Å². The molecule has 4 nitrogen and oxygen atoms in total. The summed E-state index contributed by atoms with van der Waals surface area (Å²) in [6.45, 7) is 5.26. The van der Waals surface area contributed by atoms with Gasteiger partial charge in [-0.1, -0.05) is 12.1 Å². The number of amides is 1. The minimum Gasteiger partial charge on any atom is -0.326 e. The molecule has 0 N–H and O–H groups in total. The van der Waals surface area contributed by atoms with E-state index >= 15 is 0 Å². The number of rotatable bonds is 3. The maximum atomic E-state index is 14.0. The van der Waals surface area contributed by atoms with Crippen molar-refractivity contribution in [1.82, 2.24) is 9.47 Å². The number of hydrogen-bond acceptors (Lipinski definition) is 2. The molecule has 0 radical (unpaired) electrons. The van der Waals surface area contributed by atoms with Crippen LogP contribution in [0.1, 0.15) is 28.7 Å². The first-order valence-corrected chi connectivity index (χ1v) is 6.99. The average Bonchev–Trinajstić information content (AvgIpc) is 2.80. The maximum absolute atomic E-state index is 14.0. The zero-order chi connectivity index (χ0) is 16.4. The van der Waals surface area contributed by atoms with Crippen LogP contribution in [0.3, 0.4) is 0 Å².